The van der Waals surface area contributed by atoms with Crippen molar-refractivity contribution in [2.75, 3.05) is 35.6 Å². The molecule has 0 aromatic heterocycles. The molecule has 2 aromatic rings. The number of fused-ring (bicyclic) bond motifs is 1. The third-order valence-corrected chi connectivity index (χ3v) is 5.30. The van der Waals surface area contributed by atoms with Gasteiger partial charge in [-0.2, -0.15) is 13.2 Å². The molecule has 1 atom stereocenters. The summed E-state index contributed by atoms with van der Waals surface area (Å²) in [6, 6.07) is 7.52. The van der Waals surface area contributed by atoms with Crippen LogP contribution in [0.1, 0.15) is 31.9 Å². The molecule has 3 N–H and O–H groups in total. The van der Waals surface area contributed by atoms with E-state index in [-0.39, 0.29) is 23.0 Å². The van der Waals surface area contributed by atoms with Crippen molar-refractivity contribution in [1.82, 2.24) is 4.90 Å². The predicted molar refractivity (Wildman–Crippen MR) is 119 cm³/mol. The van der Waals surface area contributed by atoms with Crippen LogP contribution < -0.4 is 16.0 Å². The summed E-state index contributed by atoms with van der Waals surface area (Å²) in [5, 5.41) is 8.29. The summed E-state index contributed by atoms with van der Waals surface area (Å²) in [5.74, 6) is -0.975. The summed E-state index contributed by atoms with van der Waals surface area (Å²) in [4.78, 5) is 14.3. The van der Waals surface area contributed by atoms with E-state index >= 15 is 0 Å². The highest BCUT2D eigenvalue weighted by molar-refractivity contribution is 6.31. The van der Waals surface area contributed by atoms with Gasteiger partial charge in [-0.05, 0) is 56.4 Å². The smallest absolute Gasteiger partial charge is 0.381 e. The number of amides is 1. The topological polar surface area (TPSA) is 56.4 Å². The SMILES string of the molecule is CCN(CC)CC(C)Nc1ccc(N/C=C2/C(=O)Nc3ccc(F)cc32)cc1C(F)(F)F. The molecule has 32 heavy (non-hydrogen) atoms. The molecule has 0 saturated carbocycles. The maximum absolute atomic E-state index is 13.7. The molecule has 172 valence electrons. The zero-order chi connectivity index (χ0) is 23.5. The lowest BCUT2D eigenvalue weighted by molar-refractivity contribution is -0.137. The first-order valence-electron chi connectivity index (χ1n) is 10.4. The summed E-state index contributed by atoms with van der Waals surface area (Å²) >= 11 is 0. The number of rotatable bonds is 8. The lowest BCUT2D eigenvalue weighted by Crippen LogP contribution is -2.35. The molecule has 0 radical (unpaired) electrons. The van der Waals surface area contributed by atoms with E-state index in [1.807, 2.05) is 20.8 Å². The van der Waals surface area contributed by atoms with E-state index in [4.69, 9.17) is 0 Å². The number of benzene rings is 2. The van der Waals surface area contributed by atoms with E-state index in [1.165, 1.54) is 36.5 Å². The molecule has 5 nitrogen and oxygen atoms in total. The summed E-state index contributed by atoms with van der Waals surface area (Å²) < 4.78 is 54.7. The van der Waals surface area contributed by atoms with Crippen LogP contribution in [0.3, 0.4) is 0 Å². The number of anilines is 3. The minimum Gasteiger partial charge on any atom is -0.381 e. The fourth-order valence-electron chi connectivity index (χ4n) is 3.63. The first kappa shape index (κ1) is 23.6. The Morgan fingerprint density at radius 3 is 2.50 bits per heavy atom. The van der Waals surface area contributed by atoms with E-state index < -0.39 is 23.5 Å². The van der Waals surface area contributed by atoms with Gasteiger partial charge in [-0.25, -0.2) is 4.39 Å². The summed E-state index contributed by atoms with van der Waals surface area (Å²) in [6.45, 7) is 8.08. The molecular formula is C23H26F4N4O. The lowest BCUT2D eigenvalue weighted by Gasteiger charge is -2.25. The number of nitrogens with one attached hydrogen (secondary N) is 3. The van der Waals surface area contributed by atoms with E-state index in [0.29, 0.717) is 17.8 Å². The lowest BCUT2D eigenvalue weighted by atomic mass is 10.1. The number of hydrogen-bond acceptors (Lipinski definition) is 4. The molecule has 1 aliphatic heterocycles. The highest BCUT2D eigenvalue weighted by atomic mass is 19.4. The van der Waals surface area contributed by atoms with Gasteiger partial charge in [0.1, 0.15) is 5.82 Å². The van der Waals surface area contributed by atoms with Gasteiger partial charge in [0.25, 0.3) is 5.91 Å². The second-order valence-electron chi connectivity index (χ2n) is 7.64. The van der Waals surface area contributed by atoms with Gasteiger partial charge in [-0.3, -0.25) is 4.79 Å². The van der Waals surface area contributed by atoms with Crippen LogP contribution in [-0.4, -0.2) is 36.5 Å². The largest absolute Gasteiger partial charge is 0.418 e. The second-order valence-corrected chi connectivity index (χ2v) is 7.64. The Kier molecular flexibility index (Phi) is 7.08. The van der Waals surface area contributed by atoms with Crippen molar-refractivity contribution < 1.29 is 22.4 Å². The minimum absolute atomic E-state index is 0.0126. The van der Waals surface area contributed by atoms with Crippen LogP contribution in [0.5, 0.6) is 0 Å². The van der Waals surface area contributed by atoms with E-state index in [9.17, 15) is 22.4 Å². The molecule has 0 saturated heterocycles. The number of halogens is 4. The number of hydrogen-bond donors (Lipinski definition) is 3. The number of likely N-dealkylation sites (N-methyl/N-ethyl adjacent to an activating group) is 1. The van der Waals surface area contributed by atoms with E-state index in [1.54, 1.807) is 0 Å². The van der Waals surface area contributed by atoms with Crippen molar-refractivity contribution in [3.05, 3.63) is 59.5 Å². The zero-order valence-electron chi connectivity index (χ0n) is 18.1. The summed E-state index contributed by atoms with van der Waals surface area (Å²) in [5.41, 5.74) is 0.271. The summed E-state index contributed by atoms with van der Waals surface area (Å²) in [6.07, 6.45) is -3.28. The maximum atomic E-state index is 13.7. The first-order valence-corrected chi connectivity index (χ1v) is 10.4. The highest BCUT2D eigenvalue weighted by Gasteiger charge is 2.34. The van der Waals surface area contributed by atoms with Crippen LogP contribution in [0, 0.1) is 5.82 Å². The number of carbonyl (C=O) groups is 1. The monoisotopic (exact) mass is 450 g/mol. The number of carbonyl (C=O) groups excluding carboxylic acids is 1. The van der Waals surface area contributed by atoms with Crippen molar-refractivity contribution in [1.29, 1.82) is 0 Å². The Balaban J connectivity index is 1.83. The standard InChI is InChI=1S/C23H26F4N4O/c1-4-31(5-2)13-14(3)29-21-9-7-16(11-19(21)23(25,26)27)28-12-18-17-10-15(24)6-8-20(17)30-22(18)32/h6-12,14,28-29H,4-5,13H2,1-3H3,(H,30,32)/b18-12+. The van der Waals surface area contributed by atoms with Gasteiger partial charge in [0.2, 0.25) is 0 Å². The average molecular weight is 450 g/mol. The summed E-state index contributed by atoms with van der Waals surface area (Å²) in [7, 11) is 0. The second kappa shape index (κ2) is 9.60. The van der Waals surface area contributed by atoms with E-state index in [0.717, 1.165) is 19.2 Å². The van der Waals surface area contributed by atoms with Crippen LogP contribution >= 0.6 is 0 Å². The van der Waals surface area contributed by atoms with Crippen LogP contribution in [0.15, 0.2) is 42.6 Å². The molecule has 1 unspecified atom stereocenters. The molecule has 0 fully saturated rings. The molecule has 9 heteroatoms. The average Bonchev–Trinajstić information content (AvgIpc) is 3.04. The maximum Gasteiger partial charge on any atom is 0.418 e. The normalized spacial score (nSPS) is 15.6. The van der Waals surface area contributed by atoms with Crippen LogP contribution in [0.25, 0.3) is 5.57 Å². The Hall–Kier alpha value is -3.07. The Labute approximate surface area is 184 Å². The third kappa shape index (κ3) is 5.40. The van der Waals surface area contributed by atoms with Crippen molar-refractivity contribution >= 4 is 28.5 Å². The number of alkyl halides is 3. The Morgan fingerprint density at radius 1 is 1.12 bits per heavy atom. The molecular weight excluding hydrogens is 424 g/mol. The molecule has 2 aromatic carbocycles. The van der Waals surface area contributed by atoms with Gasteiger partial charge >= 0.3 is 6.18 Å². The van der Waals surface area contributed by atoms with Crippen molar-refractivity contribution in [3.63, 3.8) is 0 Å². The Morgan fingerprint density at radius 2 is 1.84 bits per heavy atom. The fraction of sp³-hybridized carbons (Fsp3) is 0.348. The fourth-order valence-corrected chi connectivity index (χ4v) is 3.63. The highest BCUT2D eigenvalue weighted by Crippen LogP contribution is 2.37. The molecule has 0 bridgehead atoms. The van der Waals surface area contributed by atoms with Gasteiger partial charge in [0.05, 0.1) is 11.1 Å². The van der Waals surface area contributed by atoms with Crippen molar-refractivity contribution in [2.45, 2.75) is 33.0 Å². The van der Waals surface area contributed by atoms with Gasteiger partial charge in [0.15, 0.2) is 0 Å². The van der Waals surface area contributed by atoms with Crippen LogP contribution in [-0.2, 0) is 11.0 Å². The van der Waals surface area contributed by atoms with Crippen LogP contribution in [0.4, 0.5) is 34.6 Å². The van der Waals surface area contributed by atoms with E-state index in [2.05, 4.69) is 20.9 Å². The van der Waals surface area contributed by atoms with Gasteiger partial charge in [0, 0.05) is 41.4 Å². The quantitative estimate of drug-likeness (QED) is 0.373. The van der Waals surface area contributed by atoms with Gasteiger partial charge in [-0.15, -0.1) is 0 Å². The van der Waals surface area contributed by atoms with Crippen LogP contribution in [0.2, 0.25) is 0 Å². The zero-order valence-corrected chi connectivity index (χ0v) is 18.1. The van der Waals surface area contributed by atoms with Crippen molar-refractivity contribution in [2.24, 2.45) is 0 Å². The first-order chi connectivity index (χ1) is 15.1. The molecule has 1 aliphatic rings. The Bertz CT molecular complexity index is 1020. The number of nitrogens with zero attached hydrogens (tertiary/aromatic N) is 1. The van der Waals surface area contributed by atoms with Crippen molar-refractivity contribution in [3.8, 4) is 0 Å². The third-order valence-electron chi connectivity index (χ3n) is 5.30. The minimum atomic E-state index is -4.57. The molecule has 0 spiro atoms. The molecule has 1 amide bonds. The molecule has 1 heterocycles. The molecule has 0 aliphatic carbocycles. The molecule has 3 rings (SSSR count). The van der Waals surface area contributed by atoms with Gasteiger partial charge in [-0.1, -0.05) is 13.8 Å². The predicted octanol–water partition coefficient (Wildman–Crippen LogP) is 5.39. The van der Waals surface area contributed by atoms with Gasteiger partial charge < -0.3 is 20.9 Å².